The van der Waals surface area contributed by atoms with E-state index >= 15 is 0 Å². The maximum Gasteiger partial charge on any atom is 0.165 e. The Hall–Kier alpha value is -0.890. The Balaban J connectivity index is 2.14. The van der Waals surface area contributed by atoms with Gasteiger partial charge in [0.1, 0.15) is 5.60 Å². The van der Waals surface area contributed by atoms with Gasteiger partial charge in [0, 0.05) is 17.9 Å². The predicted molar refractivity (Wildman–Crippen MR) is 65.7 cm³/mol. The number of hydrogen-bond donors (Lipinski definition) is 0. The quantitative estimate of drug-likeness (QED) is 0.593. The van der Waals surface area contributed by atoms with Crippen molar-refractivity contribution in [1.82, 2.24) is 0 Å². The maximum absolute atomic E-state index is 5.90. The van der Waals surface area contributed by atoms with Gasteiger partial charge in [0.25, 0.3) is 0 Å². The standard InChI is InChI=1S/C13H17ClO2/c1-13(2)9-10-5-3-6-11(12(10)16-13)15-8-4-7-14/h3,5-6H,4,7-9H2,1-2H3. The average Bonchev–Trinajstić information content (AvgIpc) is 2.53. The predicted octanol–water partition coefficient (Wildman–Crippen LogP) is 3.41. The van der Waals surface area contributed by atoms with Gasteiger partial charge in [-0.1, -0.05) is 12.1 Å². The van der Waals surface area contributed by atoms with Crippen molar-refractivity contribution in [3.63, 3.8) is 0 Å². The number of para-hydroxylation sites is 1. The van der Waals surface area contributed by atoms with Crippen molar-refractivity contribution in [3.8, 4) is 11.5 Å². The molecule has 0 fully saturated rings. The van der Waals surface area contributed by atoms with E-state index in [9.17, 15) is 0 Å². The van der Waals surface area contributed by atoms with Crippen molar-refractivity contribution < 1.29 is 9.47 Å². The monoisotopic (exact) mass is 240 g/mol. The first-order valence-electron chi connectivity index (χ1n) is 5.62. The molecule has 1 aromatic rings. The number of benzene rings is 1. The second kappa shape index (κ2) is 4.54. The van der Waals surface area contributed by atoms with Gasteiger partial charge in [-0.15, -0.1) is 11.6 Å². The lowest BCUT2D eigenvalue weighted by atomic mass is 10.0. The van der Waals surface area contributed by atoms with Crippen molar-refractivity contribution >= 4 is 11.6 Å². The van der Waals surface area contributed by atoms with E-state index in [1.165, 1.54) is 5.56 Å². The number of fused-ring (bicyclic) bond motifs is 1. The van der Waals surface area contributed by atoms with Gasteiger partial charge in [0.2, 0.25) is 0 Å². The molecule has 0 atom stereocenters. The summed E-state index contributed by atoms with van der Waals surface area (Å²) in [5, 5.41) is 0. The Morgan fingerprint density at radius 1 is 1.44 bits per heavy atom. The summed E-state index contributed by atoms with van der Waals surface area (Å²) in [6, 6.07) is 6.06. The Labute approximate surface area is 102 Å². The van der Waals surface area contributed by atoms with E-state index in [0.29, 0.717) is 12.5 Å². The minimum Gasteiger partial charge on any atom is -0.490 e. The van der Waals surface area contributed by atoms with Crippen LogP contribution in [0.5, 0.6) is 11.5 Å². The van der Waals surface area contributed by atoms with Crippen LogP contribution in [0.15, 0.2) is 18.2 Å². The van der Waals surface area contributed by atoms with Crippen molar-refractivity contribution in [2.75, 3.05) is 12.5 Å². The highest BCUT2D eigenvalue weighted by Crippen LogP contribution is 2.41. The molecular weight excluding hydrogens is 224 g/mol. The molecule has 88 valence electrons. The molecule has 0 radical (unpaired) electrons. The number of ether oxygens (including phenoxy) is 2. The molecular formula is C13H17ClO2. The van der Waals surface area contributed by atoms with Gasteiger partial charge in [-0.3, -0.25) is 0 Å². The fraction of sp³-hybridized carbons (Fsp3) is 0.538. The second-order valence-electron chi connectivity index (χ2n) is 4.67. The molecule has 0 bridgehead atoms. The molecule has 0 amide bonds. The van der Waals surface area contributed by atoms with Gasteiger partial charge >= 0.3 is 0 Å². The SMILES string of the molecule is CC1(C)Cc2cccc(OCCCCl)c2O1. The Kier molecular flexibility index (Phi) is 3.29. The summed E-state index contributed by atoms with van der Waals surface area (Å²) in [4.78, 5) is 0. The molecule has 3 heteroatoms. The number of rotatable bonds is 4. The van der Waals surface area contributed by atoms with Crippen LogP contribution in [0, 0.1) is 0 Å². The first kappa shape index (κ1) is 11.6. The van der Waals surface area contributed by atoms with Crippen LogP contribution in [0.2, 0.25) is 0 Å². The van der Waals surface area contributed by atoms with E-state index < -0.39 is 0 Å². The van der Waals surface area contributed by atoms with Crippen LogP contribution >= 0.6 is 11.6 Å². The lowest BCUT2D eigenvalue weighted by Crippen LogP contribution is -2.24. The molecule has 2 nitrogen and oxygen atoms in total. The third-order valence-corrected chi connectivity index (χ3v) is 2.86. The molecule has 0 saturated carbocycles. The summed E-state index contributed by atoms with van der Waals surface area (Å²) in [5.74, 6) is 2.37. The molecule has 1 aliphatic rings. The van der Waals surface area contributed by atoms with E-state index in [1.54, 1.807) is 0 Å². The minimum absolute atomic E-state index is 0.117. The molecule has 16 heavy (non-hydrogen) atoms. The van der Waals surface area contributed by atoms with Crippen LogP contribution in [-0.4, -0.2) is 18.1 Å². The normalized spacial score (nSPS) is 16.7. The summed E-state index contributed by atoms with van der Waals surface area (Å²) >= 11 is 5.62. The van der Waals surface area contributed by atoms with Crippen LogP contribution in [-0.2, 0) is 6.42 Å². The average molecular weight is 241 g/mol. The highest BCUT2D eigenvalue weighted by atomic mass is 35.5. The van der Waals surface area contributed by atoms with Gasteiger partial charge < -0.3 is 9.47 Å². The Morgan fingerprint density at radius 2 is 2.25 bits per heavy atom. The molecule has 2 rings (SSSR count). The summed E-state index contributed by atoms with van der Waals surface area (Å²) < 4.78 is 11.6. The lowest BCUT2D eigenvalue weighted by Gasteiger charge is -2.18. The van der Waals surface area contributed by atoms with E-state index in [4.69, 9.17) is 21.1 Å². The van der Waals surface area contributed by atoms with E-state index in [1.807, 2.05) is 12.1 Å². The lowest BCUT2D eigenvalue weighted by molar-refractivity contribution is 0.132. The molecule has 1 aromatic carbocycles. The van der Waals surface area contributed by atoms with Gasteiger partial charge in [0.15, 0.2) is 11.5 Å². The van der Waals surface area contributed by atoms with Crippen LogP contribution in [0.25, 0.3) is 0 Å². The summed E-state index contributed by atoms with van der Waals surface area (Å²) in [7, 11) is 0. The van der Waals surface area contributed by atoms with Crippen molar-refractivity contribution in [2.45, 2.75) is 32.3 Å². The van der Waals surface area contributed by atoms with E-state index in [0.717, 1.165) is 24.3 Å². The van der Waals surface area contributed by atoms with Crippen LogP contribution in [0.4, 0.5) is 0 Å². The summed E-state index contributed by atoms with van der Waals surface area (Å²) in [5.41, 5.74) is 1.11. The smallest absolute Gasteiger partial charge is 0.165 e. The van der Waals surface area contributed by atoms with Crippen LogP contribution in [0.1, 0.15) is 25.8 Å². The number of hydrogen-bond acceptors (Lipinski definition) is 2. The van der Waals surface area contributed by atoms with Gasteiger partial charge in [-0.2, -0.15) is 0 Å². The molecule has 1 heterocycles. The van der Waals surface area contributed by atoms with Gasteiger partial charge in [0.05, 0.1) is 6.61 Å². The van der Waals surface area contributed by atoms with Crippen LogP contribution < -0.4 is 9.47 Å². The fourth-order valence-corrected chi connectivity index (χ4v) is 2.05. The maximum atomic E-state index is 5.90. The first-order chi connectivity index (χ1) is 7.62. The molecule has 0 spiro atoms. The van der Waals surface area contributed by atoms with Crippen molar-refractivity contribution in [3.05, 3.63) is 23.8 Å². The molecule has 0 aliphatic carbocycles. The third kappa shape index (κ3) is 2.43. The van der Waals surface area contributed by atoms with Gasteiger partial charge in [-0.25, -0.2) is 0 Å². The number of halogens is 1. The zero-order valence-electron chi connectivity index (χ0n) is 9.75. The summed E-state index contributed by atoms with van der Waals surface area (Å²) in [6.45, 7) is 4.83. The zero-order chi connectivity index (χ0) is 11.6. The van der Waals surface area contributed by atoms with E-state index in [2.05, 4.69) is 19.9 Å². The largest absolute Gasteiger partial charge is 0.490 e. The third-order valence-electron chi connectivity index (χ3n) is 2.59. The molecule has 0 saturated heterocycles. The summed E-state index contributed by atoms with van der Waals surface area (Å²) in [6.07, 6.45) is 1.80. The molecule has 1 aliphatic heterocycles. The molecule has 0 unspecified atom stereocenters. The fourth-order valence-electron chi connectivity index (χ4n) is 1.94. The molecule has 0 N–H and O–H groups in total. The minimum atomic E-state index is -0.117. The zero-order valence-corrected chi connectivity index (χ0v) is 10.5. The van der Waals surface area contributed by atoms with E-state index in [-0.39, 0.29) is 5.60 Å². The topological polar surface area (TPSA) is 18.5 Å². The van der Waals surface area contributed by atoms with Crippen molar-refractivity contribution in [1.29, 1.82) is 0 Å². The van der Waals surface area contributed by atoms with Crippen molar-refractivity contribution in [2.24, 2.45) is 0 Å². The van der Waals surface area contributed by atoms with Gasteiger partial charge in [-0.05, 0) is 26.3 Å². The number of alkyl halides is 1. The van der Waals surface area contributed by atoms with Crippen LogP contribution in [0.3, 0.4) is 0 Å². The second-order valence-corrected chi connectivity index (χ2v) is 5.05. The highest BCUT2D eigenvalue weighted by molar-refractivity contribution is 6.17. The Morgan fingerprint density at radius 3 is 3.00 bits per heavy atom. The molecule has 0 aromatic heterocycles. The first-order valence-corrected chi connectivity index (χ1v) is 6.15. The Bertz CT molecular complexity index is 374. The highest BCUT2D eigenvalue weighted by Gasteiger charge is 2.32.